The Bertz CT molecular complexity index is 804. The molecule has 0 saturated carbocycles. The molecule has 0 radical (unpaired) electrons. The second-order valence-electron chi connectivity index (χ2n) is 6.85. The molecule has 4 rings (SSSR count). The summed E-state index contributed by atoms with van der Waals surface area (Å²) >= 11 is 0. The average molecular weight is 361 g/mol. The molecule has 2 aliphatic heterocycles. The molecule has 26 heavy (non-hydrogen) atoms. The second kappa shape index (κ2) is 6.79. The molecule has 1 unspecified atom stereocenters. The summed E-state index contributed by atoms with van der Waals surface area (Å²) < 4.78 is 32.3. The topological polar surface area (TPSA) is 45.7 Å². The summed E-state index contributed by atoms with van der Waals surface area (Å²) in [5.74, 6) is -2.06. The van der Waals surface area contributed by atoms with E-state index in [4.69, 9.17) is 4.74 Å². The van der Waals surface area contributed by atoms with E-state index < -0.39 is 12.0 Å². The number of benzene rings is 1. The van der Waals surface area contributed by atoms with Crippen LogP contribution in [0.2, 0.25) is 0 Å². The average Bonchev–Trinajstić information content (AvgIpc) is 2.67. The van der Waals surface area contributed by atoms with Gasteiger partial charge in [0.2, 0.25) is 0 Å². The number of rotatable bonds is 2. The number of piperidine rings is 1. The molecule has 2 aromatic rings. The Labute approximate surface area is 150 Å². The van der Waals surface area contributed by atoms with Crippen LogP contribution in [0.5, 0.6) is 0 Å². The maximum Gasteiger partial charge on any atom is 0.253 e. The van der Waals surface area contributed by atoms with Crippen molar-refractivity contribution in [3.63, 3.8) is 0 Å². The van der Waals surface area contributed by atoms with Crippen molar-refractivity contribution in [3.05, 3.63) is 36.4 Å². The van der Waals surface area contributed by atoms with E-state index in [9.17, 15) is 13.6 Å². The first-order chi connectivity index (χ1) is 12.5. The van der Waals surface area contributed by atoms with Crippen LogP contribution in [-0.4, -0.2) is 60.6 Å². The maximum atomic E-state index is 13.3. The molecule has 0 aliphatic carbocycles. The van der Waals surface area contributed by atoms with E-state index >= 15 is 0 Å². The molecule has 2 fully saturated rings. The Balaban J connectivity index is 1.45. The van der Waals surface area contributed by atoms with Crippen molar-refractivity contribution < 1.29 is 18.3 Å². The van der Waals surface area contributed by atoms with Gasteiger partial charge in [0.25, 0.3) is 11.8 Å². The van der Waals surface area contributed by atoms with E-state index in [2.05, 4.69) is 4.98 Å². The highest BCUT2D eigenvalue weighted by molar-refractivity contribution is 5.83. The van der Waals surface area contributed by atoms with Crippen LogP contribution >= 0.6 is 0 Å². The molecule has 0 bridgehead atoms. The van der Waals surface area contributed by atoms with Crippen LogP contribution in [0.25, 0.3) is 10.9 Å². The number of aromatic nitrogens is 1. The van der Waals surface area contributed by atoms with Gasteiger partial charge in [-0.1, -0.05) is 18.2 Å². The third-order valence-electron chi connectivity index (χ3n) is 5.06. The molecule has 1 amide bonds. The molecule has 0 spiro atoms. The number of hydrogen-bond acceptors (Lipinski definition) is 4. The Morgan fingerprint density at radius 1 is 1.12 bits per heavy atom. The van der Waals surface area contributed by atoms with Gasteiger partial charge in [0.1, 0.15) is 5.82 Å². The predicted molar refractivity (Wildman–Crippen MR) is 94.5 cm³/mol. The smallest absolute Gasteiger partial charge is 0.253 e. The molecular weight excluding hydrogens is 340 g/mol. The fourth-order valence-electron chi connectivity index (χ4n) is 3.50. The Morgan fingerprint density at radius 3 is 2.69 bits per heavy atom. The zero-order valence-electron chi connectivity index (χ0n) is 14.4. The van der Waals surface area contributed by atoms with Crippen molar-refractivity contribution in [2.75, 3.05) is 37.7 Å². The van der Waals surface area contributed by atoms with E-state index in [1.54, 1.807) is 0 Å². The van der Waals surface area contributed by atoms with Crippen molar-refractivity contribution >= 4 is 22.6 Å². The van der Waals surface area contributed by atoms with Gasteiger partial charge in [-0.05, 0) is 18.2 Å². The molecule has 0 N–H and O–H groups in total. The minimum absolute atomic E-state index is 0.0833. The van der Waals surface area contributed by atoms with Crippen LogP contribution in [-0.2, 0) is 9.53 Å². The fraction of sp³-hybridized carbons (Fsp3) is 0.474. The van der Waals surface area contributed by atoms with Crippen LogP contribution in [0.15, 0.2) is 36.4 Å². The zero-order chi connectivity index (χ0) is 18.1. The first kappa shape index (κ1) is 17.1. The number of anilines is 1. The number of para-hydroxylation sites is 1. The van der Waals surface area contributed by atoms with Crippen molar-refractivity contribution in [1.29, 1.82) is 0 Å². The SMILES string of the molecule is O=C(C1CN(c2ccc3ccccc3n2)CCO1)N1CCC(F)(F)CC1. The summed E-state index contributed by atoms with van der Waals surface area (Å²) in [6.07, 6.45) is -1.19. The highest BCUT2D eigenvalue weighted by atomic mass is 19.3. The van der Waals surface area contributed by atoms with E-state index in [-0.39, 0.29) is 31.8 Å². The number of amides is 1. The number of morpholine rings is 1. The number of nitrogens with zero attached hydrogens (tertiary/aromatic N) is 3. The number of carbonyl (C=O) groups excluding carboxylic acids is 1. The van der Waals surface area contributed by atoms with Gasteiger partial charge in [0, 0.05) is 37.9 Å². The van der Waals surface area contributed by atoms with E-state index in [0.717, 1.165) is 16.7 Å². The minimum Gasteiger partial charge on any atom is -0.365 e. The first-order valence-electron chi connectivity index (χ1n) is 8.91. The largest absolute Gasteiger partial charge is 0.365 e. The van der Waals surface area contributed by atoms with Gasteiger partial charge in [0.15, 0.2) is 6.10 Å². The lowest BCUT2D eigenvalue weighted by Gasteiger charge is -2.38. The van der Waals surface area contributed by atoms with Crippen molar-refractivity contribution in [2.24, 2.45) is 0 Å². The monoisotopic (exact) mass is 361 g/mol. The molecule has 5 nitrogen and oxygen atoms in total. The Kier molecular flexibility index (Phi) is 4.48. The Hall–Kier alpha value is -2.28. The third kappa shape index (κ3) is 3.49. The van der Waals surface area contributed by atoms with Gasteiger partial charge in [-0.15, -0.1) is 0 Å². The summed E-state index contributed by atoms with van der Waals surface area (Å²) in [7, 11) is 0. The summed E-state index contributed by atoms with van der Waals surface area (Å²) in [6, 6.07) is 11.8. The van der Waals surface area contributed by atoms with Gasteiger partial charge >= 0.3 is 0 Å². The molecule has 1 aromatic carbocycles. The number of ether oxygens (including phenoxy) is 1. The maximum absolute atomic E-state index is 13.3. The van der Waals surface area contributed by atoms with Crippen LogP contribution in [0.4, 0.5) is 14.6 Å². The summed E-state index contributed by atoms with van der Waals surface area (Å²) in [6.45, 7) is 1.61. The number of fused-ring (bicyclic) bond motifs is 1. The van der Waals surface area contributed by atoms with Crippen LogP contribution in [0, 0.1) is 0 Å². The normalized spacial score (nSPS) is 23.2. The standard InChI is InChI=1S/C19H21F2N3O2/c20-19(21)7-9-23(10-8-19)18(25)16-13-24(11-12-26-16)17-6-5-14-3-1-2-4-15(14)22-17/h1-6,16H,7-13H2. The van der Waals surface area contributed by atoms with Gasteiger partial charge in [-0.2, -0.15) is 0 Å². The number of halogens is 2. The second-order valence-corrected chi connectivity index (χ2v) is 6.85. The molecule has 1 atom stereocenters. The number of pyridine rings is 1. The van der Waals surface area contributed by atoms with E-state index in [0.29, 0.717) is 19.7 Å². The number of likely N-dealkylation sites (tertiary alicyclic amines) is 1. The highest BCUT2D eigenvalue weighted by Gasteiger charge is 2.38. The van der Waals surface area contributed by atoms with Crippen molar-refractivity contribution in [3.8, 4) is 0 Å². The van der Waals surface area contributed by atoms with E-state index in [1.807, 2.05) is 41.3 Å². The lowest BCUT2D eigenvalue weighted by atomic mass is 10.1. The Morgan fingerprint density at radius 2 is 1.88 bits per heavy atom. The van der Waals surface area contributed by atoms with Crippen LogP contribution in [0.1, 0.15) is 12.8 Å². The highest BCUT2D eigenvalue weighted by Crippen LogP contribution is 2.28. The minimum atomic E-state index is -2.66. The molecule has 138 valence electrons. The zero-order valence-corrected chi connectivity index (χ0v) is 14.4. The summed E-state index contributed by atoms with van der Waals surface area (Å²) in [5.41, 5.74) is 0.901. The molecule has 3 heterocycles. The molecule has 2 saturated heterocycles. The summed E-state index contributed by atoms with van der Waals surface area (Å²) in [4.78, 5) is 20.9. The van der Waals surface area contributed by atoms with Crippen molar-refractivity contribution in [2.45, 2.75) is 24.9 Å². The van der Waals surface area contributed by atoms with Gasteiger partial charge in [-0.3, -0.25) is 4.79 Å². The fourth-order valence-corrected chi connectivity index (χ4v) is 3.50. The third-order valence-corrected chi connectivity index (χ3v) is 5.06. The molecule has 2 aliphatic rings. The summed E-state index contributed by atoms with van der Waals surface area (Å²) in [5, 5.41) is 1.06. The first-order valence-corrected chi connectivity index (χ1v) is 8.91. The lowest BCUT2D eigenvalue weighted by molar-refractivity contribution is -0.150. The van der Waals surface area contributed by atoms with Crippen molar-refractivity contribution in [1.82, 2.24) is 9.88 Å². The van der Waals surface area contributed by atoms with Crippen LogP contribution < -0.4 is 4.90 Å². The predicted octanol–water partition coefficient (Wildman–Crippen LogP) is 2.70. The number of alkyl halides is 2. The molecule has 7 heteroatoms. The van der Waals surface area contributed by atoms with E-state index in [1.165, 1.54) is 4.90 Å². The van der Waals surface area contributed by atoms with Gasteiger partial charge < -0.3 is 14.5 Å². The van der Waals surface area contributed by atoms with Gasteiger partial charge in [-0.25, -0.2) is 13.8 Å². The quantitative estimate of drug-likeness (QED) is 0.825. The van der Waals surface area contributed by atoms with Crippen LogP contribution in [0.3, 0.4) is 0 Å². The number of hydrogen-bond donors (Lipinski definition) is 0. The lowest BCUT2D eigenvalue weighted by Crippen LogP contribution is -2.53. The molecular formula is C19H21F2N3O2. The van der Waals surface area contributed by atoms with Gasteiger partial charge in [0.05, 0.1) is 18.7 Å². The molecule has 1 aromatic heterocycles. The number of carbonyl (C=O) groups is 1.